The van der Waals surface area contributed by atoms with Crippen molar-refractivity contribution < 1.29 is 29.1 Å². The van der Waals surface area contributed by atoms with Crippen molar-refractivity contribution in [1.29, 1.82) is 0 Å². The fourth-order valence-corrected chi connectivity index (χ4v) is 3.08. The van der Waals surface area contributed by atoms with Crippen LogP contribution in [0.1, 0.15) is 33.1 Å². The fourth-order valence-electron chi connectivity index (χ4n) is 2.83. The first-order valence-electron chi connectivity index (χ1n) is 9.33. The number of rotatable bonds is 11. The highest BCUT2D eigenvalue weighted by Gasteiger charge is 2.32. The summed E-state index contributed by atoms with van der Waals surface area (Å²) in [6, 6.07) is -3.93. The van der Waals surface area contributed by atoms with Crippen molar-refractivity contribution >= 4 is 42.2 Å². The summed E-state index contributed by atoms with van der Waals surface area (Å²) in [6.07, 6.45) is 0.950. The molecule has 1 rings (SSSR count). The van der Waals surface area contributed by atoms with Crippen molar-refractivity contribution in [2.45, 2.75) is 57.3 Å². The van der Waals surface area contributed by atoms with E-state index in [1.54, 1.807) is 13.8 Å². The first-order valence-corrected chi connectivity index (χ1v) is 9.96. The number of carboxylic acids is 1. The van der Waals surface area contributed by atoms with Gasteiger partial charge in [0.25, 0.3) is 0 Å². The molecule has 0 bridgehead atoms. The number of amides is 4. The molecular weight excluding hydrogens is 402 g/mol. The highest BCUT2D eigenvalue weighted by atomic mass is 32.1. The Morgan fingerprint density at radius 3 is 2.21 bits per heavy atom. The summed E-state index contributed by atoms with van der Waals surface area (Å²) in [6.45, 7) is 4.04. The van der Waals surface area contributed by atoms with Gasteiger partial charge in [0.15, 0.2) is 0 Å². The molecule has 1 fully saturated rings. The quantitative estimate of drug-likeness (QED) is 0.180. The molecule has 0 radical (unpaired) electrons. The van der Waals surface area contributed by atoms with E-state index in [9.17, 15) is 24.0 Å². The molecular formula is C17H29N5O6S. The highest BCUT2D eigenvalue weighted by Crippen LogP contribution is 2.07. The Kier molecular flexibility index (Phi) is 9.89. The number of nitrogens with two attached hydrogens (primary N) is 1. The topological polar surface area (TPSA) is 180 Å². The lowest BCUT2D eigenvalue weighted by atomic mass is 10.0. The minimum atomic E-state index is -1.51. The molecule has 0 aliphatic carbocycles. The van der Waals surface area contributed by atoms with Crippen LogP contribution in [0.5, 0.6) is 0 Å². The third-order valence-corrected chi connectivity index (χ3v) is 4.82. The van der Waals surface area contributed by atoms with Crippen molar-refractivity contribution in [3.05, 3.63) is 0 Å². The first-order chi connectivity index (χ1) is 13.6. The van der Waals surface area contributed by atoms with Gasteiger partial charge in [-0.05, 0) is 25.3 Å². The van der Waals surface area contributed by atoms with Gasteiger partial charge < -0.3 is 32.1 Å². The molecule has 1 heterocycles. The lowest BCUT2D eigenvalue weighted by Gasteiger charge is -2.26. The van der Waals surface area contributed by atoms with Crippen LogP contribution in [0.4, 0.5) is 0 Å². The third-order valence-electron chi connectivity index (χ3n) is 4.46. The van der Waals surface area contributed by atoms with Gasteiger partial charge in [-0.2, -0.15) is 12.6 Å². The van der Waals surface area contributed by atoms with Crippen molar-refractivity contribution in [1.82, 2.24) is 21.3 Å². The van der Waals surface area contributed by atoms with Gasteiger partial charge in [0.05, 0.1) is 12.5 Å². The van der Waals surface area contributed by atoms with E-state index in [1.165, 1.54) is 0 Å². The maximum Gasteiger partial charge on any atom is 0.326 e. The Bertz CT molecular complexity index is 638. The minimum Gasteiger partial charge on any atom is -0.480 e. The van der Waals surface area contributed by atoms with Crippen molar-refractivity contribution in [2.24, 2.45) is 11.7 Å². The molecule has 11 nitrogen and oxygen atoms in total. The van der Waals surface area contributed by atoms with E-state index in [0.29, 0.717) is 6.42 Å². The number of hydrogen-bond acceptors (Lipinski definition) is 7. The highest BCUT2D eigenvalue weighted by molar-refractivity contribution is 7.80. The van der Waals surface area contributed by atoms with E-state index in [-0.39, 0.29) is 17.7 Å². The summed E-state index contributed by atoms with van der Waals surface area (Å²) in [4.78, 5) is 59.5. The SMILES string of the molecule is CC(C)C(NC(=O)C(CS)NC(=O)C1CCCN1)C(=O)NC(CC(N)=O)C(=O)O. The van der Waals surface area contributed by atoms with E-state index >= 15 is 0 Å². The van der Waals surface area contributed by atoms with Crippen LogP contribution in [0.3, 0.4) is 0 Å². The van der Waals surface area contributed by atoms with Crippen LogP contribution >= 0.6 is 12.6 Å². The molecule has 0 aromatic heterocycles. The van der Waals surface area contributed by atoms with Crippen molar-refractivity contribution in [2.75, 3.05) is 12.3 Å². The lowest BCUT2D eigenvalue weighted by molar-refractivity contribution is -0.144. The van der Waals surface area contributed by atoms with Gasteiger partial charge in [-0.1, -0.05) is 13.8 Å². The Morgan fingerprint density at radius 1 is 1.10 bits per heavy atom. The van der Waals surface area contributed by atoms with Crippen molar-refractivity contribution in [3.8, 4) is 0 Å². The third kappa shape index (κ3) is 7.89. The number of hydrogen-bond donors (Lipinski definition) is 7. The summed E-state index contributed by atoms with van der Waals surface area (Å²) in [5, 5.41) is 19.5. The molecule has 1 aliphatic heterocycles. The molecule has 164 valence electrons. The fraction of sp³-hybridized carbons (Fsp3) is 0.706. The van der Waals surface area contributed by atoms with Crippen LogP contribution in [-0.4, -0.2) is 71.2 Å². The number of aliphatic carboxylic acids is 1. The molecule has 7 N–H and O–H groups in total. The normalized spacial score (nSPS) is 19.1. The number of thiol groups is 1. The number of carboxylic acid groups (broad SMARTS) is 1. The number of primary amides is 1. The molecule has 29 heavy (non-hydrogen) atoms. The summed E-state index contributed by atoms with van der Waals surface area (Å²) >= 11 is 4.09. The monoisotopic (exact) mass is 431 g/mol. The van der Waals surface area contributed by atoms with Crippen LogP contribution in [0.15, 0.2) is 0 Å². The average Bonchev–Trinajstić information content (AvgIpc) is 3.17. The molecule has 1 aliphatic rings. The van der Waals surface area contributed by atoms with E-state index < -0.39 is 54.2 Å². The van der Waals surface area contributed by atoms with E-state index in [0.717, 1.165) is 13.0 Å². The molecule has 4 atom stereocenters. The zero-order chi connectivity index (χ0) is 22.1. The van der Waals surface area contributed by atoms with Gasteiger partial charge in [-0.25, -0.2) is 4.79 Å². The largest absolute Gasteiger partial charge is 0.480 e. The smallest absolute Gasteiger partial charge is 0.326 e. The van der Waals surface area contributed by atoms with Gasteiger partial charge in [0.1, 0.15) is 18.1 Å². The summed E-state index contributed by atoms with van der Waals surface area (Å²) in [7, 11) is 0. The van der Waals surface area contributed by atoms with Crippen LogP contribution in [-0.2, 0) is 24.0 Å². The number of nitrogens with one attached hydrogen (secondary N) is 4. The summed E-state index contributed by atoms with van der Waals surface area (Å²) < 4.78 is 0. The summed E-state index contributed by atoms with van der Waals surface area (Å²) in [5.41, 5.74) is 5.00. The Balaban J connectivity index is 2.77. The van der Waals surface area contributed by atoms with E-state index in [2.05, 4.69) is 33.9 Å². The second-order valence-corrected chi connectivity index (χ2v) is 7.56. The van der Waals surface area contributed by atoms with Crippen LogP contribution in [0, 0.1) is 5.92 Å². The zero-order valence-corrected chi connectivity index (χ0v) is 17.3. The molecule has 0 spiro atoms. The van der Waals surface area contributed by atoms with Crippen LogP contribution in [0.2, 0.25) is 0 Å². The lowest BCUT2D eigenvalue weighted by Crippen LogP contribution is -2.59. The van der Waals surface area contributed by atoms with Gasteiger partial charge in [0, 0.05) is 5.75 Å². The predicted molar refractivity (Wildman–Crippen MR) is 107 cm³/mol. The van der Waals surface area contributed by atoms with Gasteiger partial charge in [-0.3, -0.25) is 19.2 Å². The summed E-state index contributed by atoms with van der Waals surface area (Å²) in [5.74, 6) is -4.41. The Morgan fingerprint density at radius 2 is 1.76 bits per heavy atom. The minimum absolute atomic E-state index is 0.0101. The molecule has 1 saturated heterocycles. The zero-order valence-electron chi connectivity index (χ0n) is 16.4. The van der Waals surface area contributed by atoms with E-state index in [1.807, 2.05) is 0 Å². The predicted octanol–water partition coefficient (Wildman–Crippen LogP) is -2.26. The molecule has 0 aromatic carbocycles. The standard InChI is InChI=1S/C17H29N5O6S/c1-8(2)13(16(26)20-10(17(27)28)6-12(18)23)22-15(25)11(7-29)21-14(24)9-4-3-5-19-9/h8-11,13,19,29H,3-7H2,1-2H3,(H2,18,23)(H,20,26)(H,21,24)(H,22,25)(H,27,28). The molecule has 0 aromatic rings. The Hall–Kier alpha value is -2.34. The first kappa shape index (κ1) is 24.7. The van der Waals surface area contributed by atoms with Crippen LogP contribution in [0.25, 0.3) is 0 Å². The maximum atomic E-state index is 12.6. The average molecular weight is 432 g/mol. The van der Waals surface area contributed by atoms with Gasteiger partial charge in [0.2, 0.25) is 23.6 Å². The van der Waals surface area contributed by atoms with Gasteiger partial charge in [-0.15, -0.1) is 0 Å². The van der Waals surface area contributed by atoms with E-state index in [4.69, 9.17) is 10.8 Å². The number of carbonyl (C=O) groups excluding carboxylic acids is 4. The molecule has 4 amide bonds. The second kappa shape index (κ2) is 11.6. The van der Waals surface area contributed by atoms with Gasteiger partial charge >= 0.3 is 5.97 Å². The van der Waals surface area contributed by atoms with Crippen LogP contribution < -0.4 is 27.0 Å². The molecule has 12 heteroatoms. The number of carbonyl (C=O) groups is 5. The molecule has 4 unspecified atom stereocenters. The maximum absolute atomic E-state index is 12.6. The molecule has 0 saturated carbocycles. The van der Waals surface area contributed by atoms with Crippen molar-refractivity contribution in [3.63, 3.8) is 0 Å². The second-order valence-electron chi connectivity index (χ2n) is 7.19. The Labute approximate surface area is 174 Å².